The fraction of sp³-hybridized carbons (Fsp3) is 0.500. The number of hydrogen-bond acceptors (Lipinski definition) is 3. The van der Waals surface area contributed by atoms with Crippen LogP contribution < -0.4 is 5.32 Å². The van der Waals surface area contributed by atoms with E-state index in [1.165, 1.54) is 16.2 Å². The van der Waals surface area contributed by atoms with Crippen LogP contribution >= 0.6 is 11.8 Å². The molecule has 0 spiro atoms. The average Bonchev–Trinajstić information content (AvgIpc) is 2.50. The number of hydrogen-bond donors (Lipinski definition) is 1. The zero-order chi connectivity index (χ0) is 7.68. The third-order valence-electron chi connectivity index (χ3n) is 1.98. The minimum Gasteiger partial charge on any atom is -0.363 e. The summed E-state index contributed by atoms with van der Waals surface area (Å²) in [6.45, 7) is 0. The highest BCUT2D eigenvalue weighted by atomic mass is 32.2. The molecule has 0 fully saturated rings. The average molecular weight is 169 g/mol. The van der Waals surface area contributed by atoms with Crippen molar-refractivity contribution in [3.63, 3.8) is 0 Å². The van der Waals surface area contributed by atoms with Crippen molar-refractivity contribution in [1.82, 2.24) is 5.32 Å². The summed E-state index contributed by atoms with van der Waals surface area (Å²) in [5, 5.41) is 3.17. The van der Waals surface area contributed by atoms with Gasteiger partial charge >= 0.3 is 0 Å². The summed E-state index contributed by atoms with van der Waals surface area (Å²) in [7, 11) is 1.74. The highest BCUT2D eigenvalue weighted by molar-refractivity contribution is 8.03. The fourth-order valence-electron chi connectivity index (χ4n) is 1.42. The standard InChI is InChI=1S/C8H11NOS/c1-10-8-6-3-5-11-7(6)2-4-9-8/h2,4,8-9H,3,5H2,1H3. The first-order chi connectivity index (χ1) is 5.42. The Labute approximate surface area is 70.7 Å². The molecule has 0 saturated heterocycles. The first-order valence-corrected chi connectivity index (χ1v) is 4.71. The lowest BCUT2D eigenvalue weighted by Gasteiger charge is -2.20. The number of methoxy groups -OCH3 is 1. The maximum absolute atomic E-state index is 5.27. The van der Waals surface area contributed by atoms with Crippen LogP contribution in [0.1, 0.15) is 6.42 Å². The van der Waals surface area contributed by atoms with Crippen LogP contribution in [0.5, 0.6) is 0 Å². The molecule has 1 unspecified atom stereocenters. The molecule has 2 rings (SSSR count). The smallest absolute Gasteiger partial charge is 0.150 e. The van der Waals surface area contributed by atoms with E-state index in [0.29, 0.717) is 0 Å². The molecule has 0 bridgehead atoms. The SMILES string of the molecule is COC1NC=CC2=C1CCS2. The van der Waals surface area contributed by atoms with Gasteiger partial charge in [0.1, 0.15) is 0 Å². The van der Waals surface area contributed by atoms with Gasteiger partial charge in [0.15, 0.2) is 6.23 Å². The van der Waals surface area contributed by atoms with Gasteiger partial charge in [-0.15, -0.1) is 11.8 Å². The molecule has 0 aliphatic carbocycles. The molecule has 1 atom stereocenters. The Bertz CT molecular complexity index is 222. The normalized spacial score (nSPS) is 28.6. The molecule has 11 heavy (non-hydrogen) atoms. The summed E-state index contributed by atoms with van der Waals surface area (Å²) in [4.78, 5) is 1.40. The van der Waals surface area contributed by atoms with Gasteiger partial charge in [-0.1, -0.05) is 0 Å². The van der Waals surface area contributed by atoms with E-state index in [9.17, 15) is 0 Å². The van der Waals surface area contributed by atoms with Crippen LogP contribution in [0.2, 0.25) is 0 Å². The Morgan fingerprint density at radius 1 is 1.73 bits per heavy atom. The van der Waals surface area contributed by atoms with Crippen LogP contribution in [0, 0.1) is 0 Å². The van der Waals surface area contributed by atoms with Gasteiger partial charge in [-0.25, -0.2) is 0 Å². The lowest BCUT2D eigenvalue weighted by Crippen LogP contribution is -2.30. The predicted octanol–water partition coefficient (Wildman–Crippen LogP) is 1.47. The van der Waals surface area contributed by atoms with E-state index in [4.69, 9.17) is 4.74 Å². The first-order valence-electron chi connectivity index (χ1n) is 3.73. The maximum atomic E-state index is 5.27. The predicted molar refractivity (Wildman–Crippen MR) is 47.2 cm³/mol. The molecule has 0 amide bonds. The van der Waals surface area contributed by atoms with Crippen molar-refractivity contribution in [2.24, 2.45) is 0 Å². The Balaban J connectivity index is 2.23. The molecule has 2 aliphatic rings. The highest BCUT2D eigenvalue weighted by Crippen LogP contribution is 2.35. The first kappa shape index (κ1) is 7.25. The summed E-state index contributed by atoms with van der Waals surface area (Å²) in [6.07, 6.45) is 5.38. The second-order valence-corrected chi connectivity index (χ2v) is 3.74. The molecule has 2 nitrogen and oxygen atoms in total. The van der Waals surface area contributed by atoms with E-state index in [2.05, 4.69) is 11.4 Å². The molecular weight excluding hydrogens is 158 g/mol. The molecule has 2 heterocycles. The van der Waals surface area contributed by atoms with E-state index >= 15 is 0 Å². The van der Waals surface area contributed by atoms with E-state index in [1.807, 2.05) is 18.0 Å². The Morgan fingerprint density at radius 3 is 3.45 bits per heavy atom. The lowest BCUT2D eigenvalue weighted by molar-refractivity contribution is 0.112. The Morgan fingerprint density at radius 2 is 2.64 bits per heavy atom. The van der Waals surface area contributed by atoms with E-state index in [0.717, 1.165) is 6.42 Å². The fourth-order valence-corrected chi connectivity index (χ4v) is 2.53. The maximum Gasteiger partial charge on any atom is 0.150 e. The lowest BCUT2D eigenvalue weighted by atomic mass is 10.1. The third-order valence-corrected chi connectivity index (χ3v) is 3.10. The number of thioether (sulfide) groups is 1. The minimum atomic E-state index is 0.130. The van der Waals surface area contributed by atoms with Crippen LogP contribution in [0.4, 0.5) is 0 Å². The van der Waals surface area contributed by atoms with Crippen molar-refractivity contribution in [1.29, 1.82) is 0 Å². The van der Waals surface area contributed by atoms with E-state index in [-0.39, 0.29) is 6.23 Å². The number of nitrogens with one attached hydrogen (secondary N) is 1. The van der Waals surface area contributed by atoms with Crippen LogP contribution in [0.15, 0.2) is 22.8 Å². The van der Waals surface area contributed by atoms with Crippen molar-refractivity contribution in [2.75, 3.05) is 12.9 Å². The van der Waals surface area contributed by atoms with Gasteiger partial charge in [-0.3, -0.25) is 0 Å². The summed E-state index contributed by atoms with van der Waals surface area (Å²) in [6, 6.07) is 0. The quantitative estimate of drug-likeness (QED) is 0.642. The van der Waals surface area contributed by atoms with Gasteiger partial charge in [0.2, 0.25) is 0 Å². The number of ether oxygens (including phenoxy) is 1. The van der Waals surface area contributed by atoms with Gasteiger partial charge in [0.25, 0.3) is 0 Å². The van der Waals surface area contributed by atoms with Gasteiger partial charge in [0.05, 0.1) is 0 Å². The molecule has 60 valence electrons. The van der Waals surface area contributed by atoms with Crippen LogP contribution in [0.25, 0.3) is 0 Å². The molecule has 0 radical (unpaired) electrons. The summed E-state index contributed by atoms with van der Waals surface area (Å²) in [5.41, 5.74) is 1.42. The highest BCUT2D eigenvalue weighted by Gasteiger charge is 2.23. The van der Waals surface area contributed by atoms with Gasteiger partial charge in [-0.05, 0) is 24.3 Å². The van der Waals surface area contributed by atoms with Gasteiger partial charge < -0.3 is 10.1 Å². The van der Waals surface area contributed by atoms with E-state index < -0.39 is 0 Å². The molecule has 3 heteroatoms. The van der Waals surface area contributed by atoms with Crippen LogP contribution in [-0.2, 0) is 4.74 Å². The van der Waals surface area contributed by atoms with Crippen molar-refractivity contribution in [2.45, 2.75) is 12.6 Å². The number of dihydropyridines is 1. The zero-order valence-corrected chi connectivity index (χ0v) is 7.28. The zero-order valence-electron chi connectivity index (χ0n) is 6.46. The molecule has 0 aromatic heterocycles. The Hall–Kier alpha value is -0.410. The van der Waals surface area contributed by atoms with Gasteiger partial charge in [-0.2, -0.15) is 0 Å². The van der Waals surface area contributed by atoms with Crippen molar-refractivity contribution in [3.05, 3.63) is 22.8 Å². The molecule has 0 aromatic carbocycles. The second kappa shape index (κ2) is 2.91. The molecular formula is C8H11NOS. The minimum absolute atomic E-state index is 0.130. The molecule has 0 aromatic rings. The van der Waals surface area contributed by atoms with Crippen molar-refractivity contribution >= 4 is 11.8 Å². The van der Waals surface area contributed by atoms with Crippen molar-refractivity contribution in [3.8, 4) is 0 Å². The number of allylic oxidation sites excluding steroid dienone is 1. The monoisotopic (exact) mass is 169 g/mol. The van der Waals surface area contributed by atoms with Gasteiger partial charge in [0, 0.05) is 17.8 Å². The van der Waals surface area contributed by atoms with Crippen molar-refractivity contribution < 1.29 is 4.74 Å². The van der Waals surface area contributed by atoms with Crippen LogP contribution in [-0.4, -0.2) is 19.1 Å². The van der Waals surface area contributed by atoms with Crippen LogP contribution in [0.3, 0.4) is 0 Å². The summed E-state index contributed by atoms with van der Waals surface area (Å²) >= 11 is 1.92. The Kier molecular flexibility index (Phi) is 1.92. The number of rotatable bonds is 1. The molecule has 2 aliphatic heterocycles. The third kappa shape index (κ3) is 1.19. The van der Waals surface area contributed by atoms with E-state index in [1.54, 1.807) is 7.11 Å². The second-order valence-electron chi connectivity index (χ2n) is 2.60. The topological polar surface area (TPSA) is 21.3 Å². The summed E-state index contributed by atoms with van der Waals surface area (Å²) < 4.78 is 5.27. The summed E-state index contributed by atoms with van der Waals surface area (Å²) in [5.74, 6) is 1.20. The largest absolute Gasteiger partial charge is 0.363 e. The molecule has 1 N–H and O–H groups in total. The molecule has 0 saturated carbocycles.